The molecule has 1 aromatic carbocycles. The van der Waals surface area contributed by atoms with Gasteiger partial charge in [-0.25, -0.2) is 4.98 Å². The Morgan fingerprint density at radius 2 is 1.83 bits per heavy atom. The first-order valence-corrected chi connectivity index (χ1v) is 10.1. The minimum absolute atomic E-state index is 0.0329. The molecular weight excluding hydrogens is 368 g/mol. The molecule has 2 amide bonds. The quantitative estimate of drug-likeness (QED) is 0.862. The van der Waals surface area contributed by atoms with Gasteiger partial charge in [-0.1, -0.05) is 18.2 Å². The van der Waals surface area contributed by atoms with Crippen molar-refractivity contribution in [3.63, 3.8) is 0 Å². The fraction of sp³-hybridized carbons (Fsp3) is 0.409. The van der Waals surface area contributed by atoms with Crippen LogP contribution in [0, 0.1) is 5.92 Å². The molecule has 1 N–H and O–H groups in total. The third-order valence-electron chi connectivity index (χ3n) is 5.45. The molecule has 7 nitrogen and oxygen atoms in total. The summed E-state index contributed by atoms with van der Waals surface area (Å²) in [5, 5.41) is 2.95. The minimum atomic E-state index is -0.200. The standard InChI is InChI=1S/C22H26N4O3/c27-21(24-19-6-2-1-3-7-19)18-5-4-10-26(16-18)22(28)17-8-9-20(23-15-17)25-11-13-29-14-12-25/h1-3,6-9,15,18H,4-5,10-14,16H2,(H,24,27)/t18-/m1/s1. The highest BCUT2D eigenvalue weighted by molar-refractivity contribution is 5.96. The molecule has 4 rings (SSSR count). The van der Waals surface area contributed by atoms with Crippen molar-refractivity contribution in [1.82, 2.24) is 9.88 Å². The fourth-order valence-corrected chi connectivity index (χ4v) is 3.82. The Kier molecular flexibility index (Phi) is 6.05. The second-order valence-corrected chi connectivity index (χ2v) is 7.45. The van der Waals surface area contributed by atoms with Gasteiger partial charge in [0.05, 0.1) is 24.7 Å². The van der Waals surface area contributed by atoms with Crippen molar-refractivity contribution in [3.05, 3.63) is 54.2 Å². The Hall–Kier alpha value is -2.93. The molecule has 1 atom stereocenters. The SMILES string of the molecule is O=C(Nc1ccccc1)[C@@H]1CCCN(C(=O)c2ccc(N3CCOCC3)nc2)C1. The zero-order valence-electron chi connectivity index (χ0n) is 16.4. The lowest BCUT2D eigenvalue weighted by molar-refractivity contribution is -0.121. The number of piperidine rings is 1. The summed E-state index contributed by atoms with van der Waals surface area (Å²) >= 11 is 0. The summed E-state index contributed by atoms with van der Waals surface area (Å²) in [6.45, 7) is 4.11. The first-order valence-electron chi connectivity index (χ1n) is 10.1. The normalized spacial score (nSPS) is 19.7. The number of nitrogens with zero attached hydrogens (tertiary/aromatic N) is 3. The molecular formula is C22H26N4O3. The van der Waals surface area contributed by atoms with Gasteiger partial charge in [-0.2, -0.15) is 0 Å². The van der Waals surface area contributed by atoms with Crippen molar-refractivity contribution in [3.8, 4) is 0 Å². The molecule has 1 aromatic heterocycles. The molecule has 0 bridgehead atoms. The number of anilines is 2. The van der Waals surface area contributed by atoms with Crippen LogP contribution in [0.15, 0.2) is 48.7 Å². The van der Waals surface area contributed by atoms with E-state index in [1.165, 1.54) is 0 Å². The van der Waals surface area contributed by atoms with Gasteiger partial charge >= 0.3 is 0 Å². The van der Waals surface area contributed by atoms with Crippen LogP contribution >= 0.6 is 0 Å². The molecule has 29 heavy (non-hydrogen) atoms. The molecule has 2 aliphatic rings. The maximum Gasteiger partial charge on any atom is 0.255 e. The number of hydrogen-bond donors (Lipinski definition) is 1. The molecule has 0 saturated carbocycles. The van der Waals surface area contributed by atoms with Crippen LogP contribution in [0.2, 0.25) is 0 Å². The lowest BCUT2D eigenvalue weighted by Gasteiger charge is -2.32. The van der Waals surface area contributed by atoms with Crippen LogP contribution in [-0.2, 0) is 9.53 Å². The van der Waals surface area contributed by atoms with Crippen LogP contribution in [0.1, 0.15) is 23.2 Å². The Balaban J connectivity index is 1.37. The van der Waals surface area contributed by atoms with E-state index in [-0.39, 0.29) is 17.7 Å². The third-order valence-corrected chi connectivity index (χ3v) is 5.45. The largest absolute Gasteiger partial charge is 0.378 e. The summed E-state index contributed by atoms with van der Waals surface area (Å²) < 4.78 is 5.37. The second kappa shape index (κ2) is 9.05. The Morgan fingerprint density at radius 3 is 2.55 bits per heavy atom. The van der Waals surface area contributed by atoms with E-state index in [0.29, 0.717) is 31.9 Å². The number of para-hydroxylation sites is 1. The number of amides is 2. The zero-order valence-corrected chi connectivity index (χ0v) is 16.4. The molecule has 0 spiro atoms. The average Bonchev–Trinajstić information content (AvgIpc) is 2.80. The highest BCUT2D eigenvalue weighted by Crippen LogP contribution is 2.21. The number of benzene rings is 1. The summed E-state index contributed by atoms with van der Waals surface area (Å²) in [5.74, 6) is 0.565. The van der Waals surface area contributed by atoms with Crippen LogP contribution in [-0.4, -0.2) is 61.1 Å². The van der Waals surface area contributed by atoms with Crippen LogP contribution < -0.4 is 10.2 Å². The van der Waals surface area contributed by atoms with Gasteiger partial charge in [0.2, 0.25) is 5.91 Å². The molecule has 0 aliphatic carbocycles. The molecule has 7 heteroatoms. The van der Waals surface area contributed by atoms with Crippen LogP contribution in [0.3, 0.4) is 0 Å². The number of carbonyl (C=O) groups is 2. The number of ether oxygens (including phenoxy) is 1. The fourth-order valence-electron chi connectivity index (χ4n) is 3.82. The number of likely N-dealkylation sites (tertiary alicyclic amines) is 1. The Bertz CT molecular complexity index is 835. The summed E-state index contributed by atoms with van der Waals surface area (Å²) in [7, 11) is 0. The van der Waals surface area contributed by atoms with Crippen molar-refractivity contribution in [2.24, 2.45) is 5.92 Å². The molecule has 2 aromatic rings. The third kappa shape index (κ3) is 4.74. The highest BCUT2D eigenvalue weighted by atomic mass is 16.5. The Morgan fingerprint density at radius 1 is 1.03 bits per heavy atom. The predicted molar refractivity (Wildman–Crippen MR) is 111 cm³/mol. The minimum Gasteiger partial charge on any atom is -0.378 e. The van der Waals surface area contributed by atoms with E-state index in [4.69, 9.17) is 4.74 Å². The van der Waals surface area contributed by atoms with Gasteiger partial charge in [0.25, 0.3) is 5.91 Å². The van der Waals surface area contributed by atoms with Gasteiger partial charge in [-0.05, 0) is 37.1 Å². The molecule has 0 unspecified atom stereocenters. The molecule has 2 saturated heterocycles. The van der Waals surface area contributed by atoms with E-state index in [1.54, 1.807) is 11.1 Å². The highest BCUT2D eigenvalue weighted by Gasteiger charge is 2.29. The van der Waals surface area contributed by atoms with Crippen LogP contribution in [0.4, 0.5) is 11.5 Å². The van der Waals surface area contributed by atoms with E-state index < -0.39 is 0 Å². The van der Waals surface area contributed by atoms with E-state index in [0.717, 1.165) is 37.4 Å². The van der Waals surface area contributed by atoms with Gasteiger partial charge in [0.1, 0.15) is 5.82 Å². The maximum absolute atomic E-state index is 12.9. The van der Waals surface area contributed by atoms with Crippen molar-refractivity contribution in [2.45, 2.75) is 12.8 Å². The lowest BCUT2D eigenvalue weighted by atomic mass is 9.96. The number of pyridine rings is 1. The number of nitrogens with one attached hydrogen (secondary N) is 1. The smallest absolute Gasteiger partial charge is 0.255 e. The molecule has 0 radical (unpaired) electrons. The number of aromatic nitrogens is 1. The second-order valence-electron chi connectivity index (χ2n) is 7.45. The molecule has 152 valence electrons. The van der Waals surface area contributed by atoms with Crippen LogP contribution in [0.25, 0.3) is 0 Å². The maximum atomic E-state index is 12.9. The van der Waals surface area contributed by atoms with Gasteiger partial charge in [-0.15, -0.1) is 0 Å². The summed E-state index contributed by atoms with van der Waals surface area (Å²) in [4.78, 5) is 33.9. The number of carbonyl (C=O) groups excluding carboxylic acids is 2. The lowest BCUT2D eigenvalue weighted by Crippen LogP contribution is -2.43. The molecule has 3 heterocycles. The van der Waals surface area contributed by atoms with Gasteiger partial charge in [0.15, 0.2) is 0 Å². The van der Waals surface area contributed by atoms with Gasteiger partial charge in [-0.3, -0.25) is 9.59 Å². The zero-order chi connectivity index (χ0) is 20.1. The van der Waals surface area contributed by atoms with E-state index in [2.05, 4.69) is 15.2 Å². The topological polar surface area (TPSA) is 74.8 Å². The first-order chi connectivity index (χ1) is 14.2. The van der Waals surface area contributed by atoms with Gasteiger partial charge in [0, 0.05) is 38.1 Å². The number of morpholine rings is 1. The summed E-state index contributed by atoms with van der Waals surface area (Å²) in [6, 6.07) is 13.1. The van der Waals surface area contributed by atoms with Crippen molar-refractivity contribution < 1.29 is 14.3 Å². The number of rotatable bonds is 4. The molecule has 2 aliphatic heterocycles. The van der Waals surface area contributed by atoms with Crippen LogP contribution in [0.5, 0.6) is 0 Å². The summed E-state index contributed by atoms with van der Waals surface area (Å²) in [6.07, 6.45) is 3.25. The number of hydrogen-bond acceptors (Lipinski definition) is 5. The van der Waals surface area contributed by atoms with E-state index in [9.17, 15) is 9.59 Å². The van der Waals surface area contributed by atoms with E-state index in [1.807, 2.05) is 42.5 Å². The predicted octanol–water partition coefficient (Wildman–Crippen LogP) is 2.41. The van der Waals surface area contributed by atoms with Gasteiger partial charge < -0.3 is 19.9 Å². The average molecular weight is 394 g/mol. The van der Waals surface area contributed by atoms with Crippen molar-refractivity contribution in [2.75, 3.05) is 49.6 Å². The first kappa shape index (κ1) is 19.4. The monoisotopic (exact) mass is 394 g/mol. The van der Waals surface area contributed by atoms with Crippen molar-refractivity contribution >= 4 is 23.3 Å². The van der Waals surface area contributed by atoms with Crippen molar-refractivity contribution in [1.29, 1.82) is 0 Å². The molecule has 2 fully saturated rings. The Labute approximate surface area is 170 Å². The summed E-state index contributed by atoms with van der Waals surface area (Å²) in [5.41, 5.74) is 1.34. The van der Waals surface area contributed by atoms with E-state index >= 15 is 0 Å².